The molecular weight excluding hydrogens is 372 g/mol. The van der Waals surface area contributed by atoms with Crippen molar-refractivity contribution in [1.82, 2.24) is 10.6 Å². The molecule has 1 aromatic rings. The molecule has 2 rings (SSSR count). The molecule has 1 atom stereocenters. The summed E-state index contributed by atoms with van der Waals surface area (Å²) in [4.78, 5) is 25.3. The molecule has 0 aliphatic carbocycles. The van der Waals surface area contributed by atoms with Gasteiger partial charge in [0.1, 0.15) is 12.3 Å². The number of anilines is 1. The maximum absolute atomic E-state index is 12.6. The molecule has 2 N–H and O–H groups in total. The number of hydrogen-bond donors (Lipinski definition) is 2. The van der Waals surface area contributed by atoms with Crippen molar-refractivity contribution in [2.75, 3.05) is 39.3 Å². The van der Waals surface area contributed by atoms with Crippen LogP contribution in [0.5, 0.6) is 0 Å². The molecule has 0 bridgehead atoms. The first-order valence-electron chi connectivity index (χ1n) is 8.16. The van der Waals surface area contributed by atoms with Gasteiger partial charge >= 0.3 is 5.97 Å². The predicted molar refractivity (Wildman–Crippen MR) is 105 cm³/mol. The molecule has 0 amide bonds. The highest BCUT2D eigenvalue weighted by Crippen LogP contribution is 2.34. The van der Waals surface area contributed by atoms with Crippen molar-refractivity contribution in [2.45, 2.75) is 13.0 Å². The summed E-state index contributed by atoms with van der Waals surface area (Å²) in [6.45, 7) is 2.07. The molecule has 0 unspecified atom stereocenters. The number of benzene rings is 1. The van der Waals surface area contributed by atoms with Crippen LogP contribution in [-0.2, 0) is 14.3 Å². The Kier molecular flexibility index (Phi) is 6.70. The number of esters is 1. The summed E-state index contributed by atoms with van der Waals surface area (Å²) in [6.07, 6.45) is 0. The van der Waals surface area contributed by atoms with Crippen LogP contribution in [0.15, 0.2) is 29.5 Å². The Balaban J connectivity index is 2.45. The van der Waals surface area contributed by atoms with Crippen molar-refractivity contribution in [3.63, 3.8) is 0 Å². The van der Waals surface area contributed by atoms with Gasteiger partial charge in [-0.25, -0.2) is 4.79 Å². The van der Waals surface area contributed by atoms with Gasteiger partial charge in [0.15, 0.2) is 5.11 Å². The van der Waals surface area contributed by atoms with E-state index in [1.165, 1.54) is 13.2 Å². The molecule has 0 saturated heterocycles. The van der Waals surface area contributed by atoms with Crippen molar-refractivity contribution in [3.05, 3.63) is 45.1 Å². The number of carbonyl (C=O) groups is 1. The first kappa shape index (κ1) is 20.6. The Labute approximate surface area is 162 Å². The van der Waals surface area contributed by atoms with Crippen LogP contribution < -0.4 is 15.5 Å². The number of ether oxygens (including phenoxy) is 2. The Bertz CT molecular complexity index is 794. The lowest BCUT2D eigenvalue weighted by molar-refractivity contribution is -0.384. The summed E-state index contributed by atoms with van der Waals surface area (Å²) in [5, 5.41) is 17.7. The molecule has 1 aliphatic rings. The summed E-state index contributed by atoms with van der Waals surface area (Å²) in [5.74, 6) is -0.545. The van der Waals surface area contributed by atoms with Crippen LogP contribution in [0.3, 0.4) is 0 Å². The monoisotopic (exact) mass is 394 g/mol. The van der Waals surface area contributed by atoms with Crippen LogP contribution in [-0.4, -0.2) is 50.4 Å². The van der Waals surface area contributed by atoms with Gasteiger partial charge in [0.2, 0.25) is 0 Å². The fourth-order valence-electron chi connectivity index (χ4n) is 2.75. The number of hydrogen-bond acceptors (Lipinski definition) is 7. The lowest BCUT2D eigenvalue weighted by Gasteiger charge is -2.30. The molecule has 146 valence electrons. The van der Waals surface area contributed by atoms with E-state index in [2.05, 4.69) is 10.6 Å². The molecule has 10 heteroatoms. The molecule has 0 aromatic heterocycles. The van der Waals surface area contributed by atoms with E-state index < -0.39 is 16.9 Å². The molecule has 27 heavy (non-hydrogen) atoms. The fraction of sp³-hybridized carbons (Fsp3) is 0.412. The zero-order valence-corrected chi connectivity index (χ0v) is 16.4. The van der Waals surface area contributed by atoms with Crippen LogP contribution in [0, 0.1) is 10.1 Å². The van der Waals surface area contributed by atoms with Gasteiger partial charge in [-0.15, -0.1) is 0 Å². The Morgan fingerprint density at radius 2 is 2.07 bits per heavy atom. The predicted octanol–water partition coefficient (Wildman–Crippen LogP) is 1.64. The van der Waals surface area contributed by atoms with E-state index in [1.807, 2.05) is 0 Å². The van der Waals surface area contributed by atoms with Crippen molar-refractivity contribution < 1.29 is 19.2 Å². The van der Waals surface area contributed by atoms with E-state index in [0.717, 1.165) is 0 Å². The highest BCUT2D eigenvalue weighted by Gasteiger charge is 2.32. The lowest BCUT2D eigenvalue weighted by Crippen LogP contribution is -2.45. The second kappa shape index (κ2) is 8.78. The van der Waals surface area contributed by atoms with Crippen LogP contribution in [0.4, 0.5) is 11.4 Å². The van der Waals surface area contributed by atoms with Gasteiger partial charge in [-0.05, 0) is 30.8 Å². The smallest absolute Gasteiger partial charge is 0.338 e. The third kappa shape index (κ3) is 4.72. The number of allylic oxidation sites excluding steroid dienone is 1. The second-order valence-corrected chi connectivity index (χ2v) is 6.51. The third-order valence-corrected chi connectivity index (χ3v) is 4.24. The number of methoxy groups -OCH3 is 1. The van der Waals surface area contributed by atoms with Crippen LogP contribution >= 0.6 is 12.2 Å². The van der Waals surface area contributed by atoms with Gasteiger partial charge in [0, 0.05) is 33.0 Å². The first-order valence-corrected chi connectivity index (χ1v) is 8.57. The molecule has 1 heterocycles. The van der Waals surface area contributed by atoms with Crippen molar-refractivity contribution >= 4 is 34.7 Å². The SMILES string of the molecule is COCCOC(=O)C1=C(C)NC(=S)N[C@H]1c1ccc(N(C)C)c([N+](=O)[O-])c1. The van der Waals surface area contributed by atoms with Crippen LogP contribution in [0.25, 0.3) is 0 Å². The molecule has 0 spiro atoms. The highest BCUT2D eigenvalue weighted by molar-refractivity contribution is 7.80. The Morgan fingerprint density at radius 3 is 2.67 bits per heavy atom. The van der Waals surface area contributed by atoms with Crippen molar-refractivity contribution in [2.24, 2.45) is 0 Å². The van der Waals surface area contributed by atoms with Gasteiger partial charge in [-0.2, -0.15) is 0 Å². The number of nitro groups is 1. The molecule has 0 radical (unpaired) electrons. The van der Waals surface area contributed by atoms with Crippen LogP contribution in [0.1, 0.15) is 18.5 Å². The summed E-state index contributed by atoms with van der Waals surface area (Å²) in [6, 6.07) is 4.15. The Hall–Kier alpha value is -2.72. The number of thiocarbonyl (C=S) groups is 1. The molecule has 0 fully saturated rings. The van der Waals surface area contributed by atoms with E-state index in [4.69, 9.17) is 21.7 Å². The number of carbonyl (C=O) groups excluding carboxylic acids is 1. The first-order chi connectivity index (χ1) is 12.8. The summed E-state index contributed by atoms with van der Waals surface area (Å²) < 4.78 is 10.1. The fourth-order valence-corrected chi connectivity index (χ4v) is 3.03. The normalized spacial score (nSPS) is 16.4. The second-order valence-electron chi connectivity index (χ2n) is 6.10. The van der Waals surface area contributed by atoms with E-state index in [9.17, 15) is 14.9 Å². The van der Waals surface area contributed by atoms with Gasteiger partial charge in [-0.3, -0.25) is 10.1 Å². The topological polar surface area (TPSA) is 106 Å². The minimum atomic E-state index is -0.663. The van der Waals surface area contributed by atoms with E-state index in [0.29, 0.717) is 27.6 Å². The largest absolute Gasteiger partial charge is 0.460 e. The average molecular weight is 394 g/mol. The minimum Gasteiger partial charge on any atom is -0.460 e. The summed E-state index contributed by atoms with van der Waals surface area (Å²) in [7, 11) is 4.96. The maximum Gasteiger partial charge on any atom is 0.338 e. The Morgan fingerprint density at radius 1 is 1.37 bits per heavy atom. The van der Waals surface area contributed by atoms with Gasteiger partial charge in [0.05, 0.1) is 23.1 Å². The number of rotatable bonds is 7. The van der Waals surface area contributed by atoms with E-state index >= 15 is 0 Å². The van der Waals surface area contributed by atoms with E-state index in [1.54, 1.807) is 38.1 Å². The molecular formula is C17H22N4O5S. The van der Waals surface area contributed by atoms with E-state index in [-0.39, 0.29) is 18.9 Å². The van der Waals surface area contributed by atoms with Gasteiger partial charge < -0.3 is 25.0 Å². The minimum absolute atomic E-state index is 0.0616. The van der Waals surface area contributed by atoms with Gasteiger partial charge in [-0.1, -0.05) is 6.07 Å². The van der Waals surface area contributed by atoms with Gasteiger partial charge in [0.25, 0.3) is 5.69 Å². The standard InChI is InChI=1S/C17H22N4O5S/c1-10-14(16(22)26-8-7-25-4)15(19-17(27)18-10)11-5-6-12(20(2)3)13(9-11)21(23)24/h5-6,9,15H,7-8H2,1-4H3,(H2,18,19,27)/t15-/m0/s1. The molecule has 0 saturated carbocycles. The molecule has 1 aromatic carbocycles. The average Bonchev–Trinajstić information content (AvgIpc) is 2.60. The summed E-state index contributed by atoms with van der Waals surface area (Å²) in [5.41, 5.74) is 1.78. The number of nitrogens with one attached hydrogen (secondary N) is 2. The summed E-state index contributed by atoms with van der Waals surface area (Å²) >= 11 is 5.19. The number of nitro benzene ring substituents is 1. The van der Waals surface area contributed by atoms with Crippen molar-refractivity contribution in [1.29, 1.82) is 0 Å². The van der Waals surface area contributed by atoms with Crippen LogP contribution in [0.2, 0.25) is 0 Å². The molecule has 9 nitrogen and oxygen atoms in total. The highest BCUT2D eigenvalue weighted by atomic mass is 32.1. The third-order valence-electron chi connectivity index (χ3n) is 4.02. The lowest BCUT2D eigenvalue weighted by atomic mass is 9.95. The zero-order chi connectivity index (χ0) is 20.1. The number of nitrogens with zero attached hydrogens (tertiary/aromatic N) is 2. The maximum atomic E-state index is 12.6. The van der Waals surface area contributed by atoms with Crippen molar-refractivity contribution in [3.8, 4) is 0 Å². The zero-order valence-electron chi connectivity index (χ0n) is 15.6. The quantitative estimate of drug-likeness (QED) is 0.235. The molecule has 1 aliphatic heterocycles.